The Hall–Kier alpha value is -0.820. The molecule has 90 valence electrons. The normalized spacial score (nSPS) is 12.6. The zero-order valence-corrected chi connectivity index (χ0v) is 11.1. The average Bonchev–Trinajstić information content (AvgIpc) is 2.73. The topological polar surface area (TPSA) is 72.0 Å². The number of benzene rings is 1. The van der Waals surface area contributed by atoms with Crippen LogP contribution < -0.4 is 5.73 Å². The Labute approximate surface area is 112 Å². The summed E-state index contributed by atoms with van der Waals surface area (Å²) in [5.41, 5.74) is 6.19. The van der Waals surface area contributed by atoms with E-state index in [4.69, 9.17) is 17.3 Å². The van der Waals surface area contributed by atoms with E-state index in [-0.39, 0.29) is 0 Å². The van der Waals surface area contributed by atoms with Crippen LogP contribution in [0.1, 0.15) is 11.7 Å². The molecule has 0 amide bonds. The van der Waals surface area contributed by atoms with Gasteiger partial charge in [-0.25, -0.2) is 0 Å². The quantitative estimate of drug-likeness (QED) is 0.846. The first-order valence-electron chi connectivity index (χ1n) is 4.81. The van der Waals surface area contributed by atoms with Crippen LogP contribution in [-0.2, 0) is 0 Å². The smallest absolute Gasteiger partial charge is 0.203 e. The SMILES string of the molecule is Nc1nnc(SCC(O)c2ccccc2Cl)s1. The highest BCUT2D eigenvalue weighted by Gasteiger charge is 2.12. The number of hydrogen-bond donors (Lipinski definition) is 2. The van der Waals surface area contributed by atoms with Crippen molar-refractivity contribution in [1.82, 2.24) is 10.2 Å². The number of aromatic nitrogens is 2. The molecule has 1 aromatic carbocycles. The molecule has 7 heteroatoms. The van der Waals surface area contributed by atoms with Crippen molar-refractivity contribution in [3.05, 3.63) is 34.9 Å². The molecule has 0 aliphatic heterocycles. The molecule has 0 bridgehead atoms. The predicted molar refractivity (Wildman–Crippen MR) is 71.5 cm³/mol. The Bertz CT molecular complexity index is 506. The van der Waals surface area contributed by atoms with Gasteiger partial charge in [0, 0.05) is 10.8 Å². The van der Waals surface area contributed by atoms with Crippen molar-refractivity contribution in [2.75, 3.05) is 11.5 Å². The molecule has 1 unspecified atom stereocenters. The minimum absolute atomic E-state index is 0.430. The first-order chi connectivity index (χ1) is 8.16. The molecule has 1 heterocycles. The molecule has 0 aliphatic carbocycles. The van der Waals surface area contributed by atoms with Crippen LogP contribution >= 0.6 is 34.7 Å². The number of nitrogens with zero attached hydrogens (tertiary/aromatic N) is 2. The Kier molecular flexibility index (Phi) is 4.22. The Morgan fingerprint density at radius 1 is 1.41 bits per heavy atom. The van der Waals surface area contributed by atoms with E-state index in [1.54, 1.807) is 6.07 Å². The van der Waals surface area contributed by atoms with E-state index < -0.39 is 6.10 Å². The van der Waals surface area contributed by atoms with Crippen molar-refractivity contribution in [1.29, 1.82) is 0 Å². The minimum atomic E-state index is -0.626. The van der Waals surface area contributed by atoms with Crippen LogP contribution in [0.25, 0.3) is 0 Å². The van der Waals surface area contributed by atoms with Gasteiger partial charge in [0.05, 0.1) is 6.10 Å². The highest BCUT2D eigenvalue weighted by molar-refractivity contribution is 8.01. The van der Waals surface area contributed by atoms with Gasteiger partial charge in [-0.05, 0) is 11.6 Å². The van der Waals surface area contributed by atoms with Crippen LogP contribution in [-0.4, -0.2) is 21.1 Å². The molecule has 1 aromatic heterocycles. The molecule has 1 atom stereocenters. The average molecular weight is 288 g/mol. The standard InChI is InChI=1S/C10H10ClN3OS2/c11-7-4-2-1-3-6(7)8(15)5-16-10-14-13-9(12)17-10/h1-4,8,15H,5H2,(H2,12,13). The van der Waals surface area contributed by atoms with Crippen LogP contribution in [0.3, 0.4) is 0 Å². The second-order valence-electron chi connectivity index (χ2n) is 3.25. The summed E-state index contributed by atoms with van der Waals surface area (Å²) in [5.74, 6) is 0.471. The van der Waals surface area contributed by atoms with Crippen LogP contribution in [0, 0.1) is 0 Å². The molecule has 4 nitrogen and oxygen atoms in total. The van der Waals surface area contributed by atoms with Gasteiger partial charge in [-0.3, -0.25) is 0 Å². The molecule has 0 saturated carbocycles. The van der Waals surface area contributed by atoms with Crippen molar-refractivity contribution < 1.29 is 5.11 Å². The fraction of sp³-hybridized carbons (Fsp3) is 0.200. The number of hydrogen-bond acceptors (Lipinski definition) is 6. The Balaban J connectivity index is 1.98. The fourth-order valence-electron chi connectivity index (χ4n) is 1.26. The lowest BCUT2D eigenvalue weighted by atomic mass is 10.1. The van der Waals surface area contributed by atoms with Gasteiger partial charge >= 0.3 is 0 Å². The van der Waals surface area contributed by atoms with E-state index in [9.17, 15) is 5.11 Å². The van der Waals surface area contributed by atoms with Gasteiger partial charge in [0.1, 0.15) is 0 Å². The molecule has 2 rings (SSSR count). The number of nitrogens with two attached hydrogens (primary N) is 1. The van der Waals surface area contributed by atoms with E-state index >= 15 is 0 Å². The van der Waals surface area contributed by atoms with E-state index in [1.165, 1.54) is 23.1 Å². The summed E-state index contributed by atoms with van der Waals surface area (Å²) < 4.78 is 0.744. The monoisotopic (exact) mass is 287 g/mol. The maximum absolute atomic E-state index is 9.99. The molecule has 0 spiro atoms. The van der Waals surface area contributed by atoms with E-state index in [2.05, 4.69) is 10.2 Å². The van der Waals surface area contributed by atoms with Gasteiger partial charge in [0.15, 0.2) is 4.34 Å². The van der Waals surface area contributed by atoms with Gasteiger partial charge in [-0.2, -0.15) is 0 Å². The summed E-state index contributed by atoms with van der Waals surface area (Å²) in [6.45, 7) is 0. The maximum atomic E-state index is 9.99. The molecular weight excluding hydrogens is 278 g/mol. The van der Waals surface area contributed by atoms with Crippen molar-refractivity contribution in [2.24, 2.45) is 0 Å². The predicted octanol–water partition coefficient (Wildman–Crippen LogP) is 2.60. The van der Waals surface area contributed by atoms with E-state index in [0.29, 0.717) is 15.9 Å². The number of anilines is 1. The summed E-state index contributed by atoms with van der Waals surface area (Å²) in [4.78, 5) is 0. The third-order valence-electron chi connectivity index (χ3n) is 2.05. The van der Waals surface area contributed by atoms with Crippen LogP contribution in [0.5, 0.6) is 0 Å². The van der Waals surface area contributed by atoms with Gasteiger partial charge in [-0.1, -0.05) is 52.9 Å². The number of rotatable bonds is 4. The molecule has 0 saturated heterocycles. The van der Waals surface area contributed by atoms with Gasteiger partial charge in [0.2, 0.25) is 5.13 Å². The molecule has 3 N–H and O–H groups in total. The molecule has 17 heavy (non-hydrogen) atoms. The fourth-order valence-corrected chi connectivity index (χ4v) is 3.14. The lowest BCUT2D eigenvalue weighted by Gasteiger charge is -2.10. The molecule has 2 aromatic rings. The first kappa shape index (κ1) is 12.6. The van der Waals surface area contributed by atoms with Gasteiger partial charge < -0.3 is 10.8 Å². The lowest BCUT2D eigenvalue weighted by Crippen LogP contribution is -2.01. The summed E-state index contributed by atoms with van der Waals surface area (Å²) in [6, 6.07) is 7.24. The summed E-state index contributed by atoms with van der Waals surface area (Å²) in [7, 11) is 0. The third-order valence-corrected chi connectivity index (χ3v) is 4.36. The summed E-state index contributed by atoms with van der Waals surface area (Å²) in [6.07, 6.45) is -0.626. The number of nitrogen functional groups attached to an aromatic ring is 1. The minimum Gasteiger partial charge on any atom is -0.387 e. The van der Waals surface area contributed by atoms with Crippen LogP contribution in [0.2, 0.25) is 5.02 Å². The van der Waals surface area contributed by atoms with Gasteiger partial charge in [-0.15, -0.1) is 10.2 Å². The maximum Gasteiger partial charge on any atom is 0.203 e. The largest absolute Gasteiger partial charge is 0.387 e. The summed E-state index contributed by atoms with van der Waals surface area (Å²) >= 11 is 8.70. The number of aliphatic hydroxyl groups is 1. The zero-order chi connectivity index (χ0) is 12.3. The summed E-state index contributed by atoms with van der Waals surface area (Å²) in [5, 5.41) is 18.6. The second kappa shape index (κ2) is 5.68. The van der Waals surface area contributed by atoms with Gasteiger partial charge in [0.25, 0.3) is 0 Å². The third kappa shape index (κ3) is 3.32. The number of aliphatic hydroxyl groups excluding tert-OH is 1. The van der Waals surface area contributed by atoms with Crippen molar-refractivity contribution in [3.63, 3.8) is 0 Å². The van der Waals surface area contributed by atoms with E-state index in [0.717, 1.165) is 9.90 Å². The molecule has 0 radical (unpaired) electrons. The lowest BCUT2D eigenvalue weighted by molar-refractivity contribution is 0.204. The zero-order valence-electron chi connectivity index (χ0n) is 8.71. The highest BCUT2D eigenvalue weighted by Crippen LogP contribution is 2.30. The number of thioether (sulfide) groups is 1. The van der Waals surface area contributed by atoms with Crippen molar-refractivity contribution >= 4 is 39.8 Å². The van der Waals surface area contributed by atoms with E-state index in [1.807, 2.05) is 18.2 Å². The second-order valence-corrected chi connectivity index (χ2v) is 5.94. The Morgan fingerprint density at radius 3 is 2.82 bits per heavy atom. The van der Waals surface area contributed by atoms with Crippen molar-refractivity contribution in [3.8, 4) is 0 Å². The van der Waals surface area contributed by atoms with Crippen LogP contribution in [0.4, 0.5) is 5.13 Å². The molecular formula is C10H10ClN3OS2. The highest BCUT2D eigenvalue weighted by atomic mass is 35.5. The first-order valence-corrected chi connectivity index (χ1v) is 6.99. The molecule has 0 fully saturated rings. The Morgan fingerprint density at radius 2 is 2.18 bits per heavy atom. The van der Waals surface area contributed by atoms with Crippen LogP contribution in [0.15, 0.2) is 28.6 Å². The van der Waals surface area contributed by atoms with Crippen molar-refractivity contribution in [2.45, 2.75) is 10.4 Å². The number of halogens is 1. The molecule has 0 aliphatic rings.